The highest BCUT2D eigenvalue weighted by Crippen LogP contribution is 2.38. The maximum absolute atomic E-state index is 4.60. The molecule has 0 saturated heterocycles. The van der Waals surface area contributed by atoms with Crippen molar-refractivity contribution >= 4 is 43.7 Å². The fourth-order valence-electron chi connectivity index (χ4n) is 6.64. The molecule has 0 unspecified atom stereocenters. The molecule has 216 valence electrons. The first kappa shape index (κ1) is 26.2. The van der Waals surface area contributed by atoms with Crippen molar-refractivity contribution in [2.24, 2.45) is 0 Å². The number of fused-ring (bicyclic) bond motifs is 5. The Labute approximate surface area is 264 Å². The van der Waals surface area contributed by atoms with Crippen LogP contribution in [0.2, 0.25) is 0 Å². The van der Waals surface area contributed by atoms with Gasteiger partial charge in [-0.25, -0.2) is 0 Å². The Hall–Kier alpha value is -6.27. The molecule has 9 aromatic rings. The van der Waals surface area contributed by atoms with Crippen LogP contribution in [-0.2, 0) is 0 Å². The van der Waals surface area contributed by atoms with Gasteiger partial charge in [-0.15, -0.1) is 0 Å². The van der Waals surface area contributed by atoms with Crippen molar-refractivity contribution in [3.8, 4) is 39.1 Å². The van der Waals surface area contributed by atoms with Crippen LogP contribution in [0.4, 0.5) is 0 Å². The Morgan fingerprint density at radius 3 is 2.20 bits per heavy atom. The van der Waals surface area contributed by atoms with Gasteiger partial charge in [0.15, 0.2) is 0 Å². The summed E-state index contributed by atoms with van der Waals surface area (Å²) in [6.07, 6.45) is 9.01. The average Bonchev–Trinajstić information content (AvgIpc) is 3.46. The predicted octanol–water partition coefficient (Wildman–Crippen LogP) is 9.37. The standard InChI is InChI=1S/C40H26N6/c1-25-19-29(26-8-10-28(11-9-26)33-16-18-41-36-6-4-17-42-39(33)36)21-35-34-5-2-3-7-38(34)46(40(25)35)32-14-12-27(13-15-32)30-20-31-23-44-45-24-37(31)43-22-30/h2-24H,1H3. The lowest BCUT2D eigenvalue weighted by Gasteiger charge is -2.12. The Morgan fingerprint density at radius 1 is 0.522 bits per heavy atom. The molecule has 0 spiro atoms. The minimum Gasteiger partial charge on any atom is -0.309 e. The number of aryl methyl sites for hydroxylation is 1. The second-order valence-electron chi connectivity index (χ2n) is 11.6. The van der Waals surface area contributed by atoms with Crippen molar-refractivity contribution in [1.29, 1.82) is 0 Å². The quantitative estimate of drug-likeness (QED) is 0.204. The largest absolute Gasteiger partial charge is 0.309 e. The normalized spacial score (nSPS) is 11.6. The lowest BCUT2D eigenvalue weighted by Crippen LogP contribution is -1.96. The van der Waals surface area contributed by atoms with Crippen molar-refractivity contribution in [1.82, 2.24) is 29.7 Å². The second kappa shape index (κ2) is 10.4. The molecule has 6 nitrogen and oxygen atoms in total. The lowest BCUT2D eigenvalue weighted by molar-refractivity contribution is 1.04. The van der Waals surface area contributed by atoms with Gasteiger partial charge >= 0.3 is 0 Å². The van der Waals surface area contributed by atoms with Crippen LogP contribution in [0, 0.1) is 6.92 Å². The van der Waals surface area contributed by atoms with E-state index in [0.29, 0.717) is 0 Å². The number of hydrogen-bond acceptors (Lipinski definition) is 5. The van der Waals surface area contributed by atoms with E-state index in [9.17, 15) is 0 Å². The molecule has 0 amide bonds. The minimum atomic E-state index is 0.839. The van der Waals surface area contributed by atoms with E-state index in [-0.39, 0.29) is 0 Å². The van der Waals surface area contributed by atoms with Crippen LogP contribution < -0.4 is 0 Å². The molecular formula is C40H26N6. The molecular weight excluding hydrogens is 564 g/mol. The van der Waals surface area contributed by atoms with E-state index in [1.807, 2.05) is 36.8 Å². The Kier molecular flexibility index (Phi) is 5.93. The zero-order chi connectivity index (χ0) is 30.6. The van der Waals surface area contributed by atoms with E-state index in [0.717, 1.165) is 49.9 Å². The molecule has 0 aliphatic rings. The molecule has 5 aromatic heterocycles. The van der Waals surface area contributed by atoms with Crippen molar-refractivity contribution in [3.63, 3.8) is 0 Å². The Balaban J connectivity index is 1.13. The molecule has 0 saturated carbocycles. The molecule has 0 radical (unpaired) electrons. The summed E-state index contributed by atoms with van der Waals surface area (Å²) in [5, 5.41) is 11.4. The van der Waals surface area contributed by atoms with Crippen LogP contribution in [0.15, 0.2) is 140 Å². The molecule has 0 bridgehead atoms. The average molecular weight is 591 g/mol. The zero-order valence-electron chi connectivity index (χ0n) is 25.0. The number of rotatable bonds is 4. The molecule has 0 fully saturated rings. The maximum atomic E-state index is 4.60. The summed E-state index contributed by atoms with van der Waals surface area (Å²) in [5.41, 5.74) is 14.1. The second-order valence-corrected chi connectivity index (χ2v) is 11.6. The summed E-state index contributed by atoms with van der Waals surface area (Å²) in [5.74, 6) is 0. The lowest BCUT2D eigenvalue weighted by atomic mass is 9.97. The van der Waals surface area contributed by atoms with E-state index < -0.39 is 0 Å². The molecule has 5 heterocycles. The van der Waals surface area contributed by atoms with Gasteiger partial charge in [0.05, 0.1) is 40.0 Å². The van der Waals surface area contributed by atoms with Crippen molar-refractivity contribution in [3.05, 3.63) is 146 Å². The summed E-state index contributed by atoms with van der Waals surface area (Å²) in [6.45, 7) is 2.21. The summed E-state index contributed by atoms with van der Waals surface area (Å²) in [4.78, 5) is 13.7. The summed E-state index contributed by atoms with van der Waals surface area (Å²) in [6, 6.07) is 38.9. The van der Waals surface area contributed by atoms with E-state index in [1.54, 1.807) is 12.4 Å². The van der Waals surface area contributed by atoms with Gasteiger partial charge in [-0.2, -0.15) is 10.2 Å². The first-order valence-corrected chi connectivity index (χ1v) is 15.2. The van der Waals surface area contributed by atoms with Crippen molar-refractivity contribution < 1.29 is 0 Å². The van der Waals surface area contributed by atoms with Gasteiger partial charge in [0, 0.05) is 51.6 Å². The molecule has 0 atom stereocenters. The van der Waals surface area contributed by atoms with Crippen LogP contribution in [0.3, 0.4) is 0 Å². The van der Waals surface area contributed by atoms with Crippen LogP contribution in [0.1, 0.15) is 5.56 Å². The van der Waals surface area contributed by atoms with Gasteiger partial charge in [0.1, 0.15) is 0 Å². The number of benzene rings is 4. The maximum Gasteiger partial charge on any atom is 0.0964 e. The van der Waals surface area contributed by atoms with E-state index in [2.05, 4.69) is 128 Å². The van der Waals surface area contributed by atoms with Crippen LogP contribution in [0.5, 0.6) is 0 Å². The number of para-hydroxylation sites is 1. The first-order valence-electron chi connectivity index (χ1n) is 15.2. The Morgan fingerprint density at radius 2 is 1.30 bits per heavy atom. The third kappa shape index (κ3) is 4.23. The highest BCUT2D eigenvalue weighted by atomic mass is 15.1. The van der Waals surface area contributed by atoms with Gasteiger partial charge in [0.25, 0.3) is 0 Å². The minimum absolute atomic E-state index is 0.839. The monoisotopic (exact) mass is 590 g/mol. The number of hydrogen-bond donors (Lipinski definition) is 0. The SMILES string of the molecule is Cc1cc(-c2ccc(-c3ccnc4cccnc34)cc2)cc2c3ccccc3n(-c3ccc(-c4cnc5cnncc5c4)cc3)c12. The van der Waals surface area contributed by atoms with Gasteiger partial charge in [-0.1, -0.05) is 54.6 Å². The fraction of sp³-hybridized carbons (Fsp3) is 0.0250. The van der Waals surface area contributed by atoms with E-state index in [4.69, 9.17) is 0 Å². The molecule has 4 aromatic carbocycles. The van der Waals surface area contributed by atoms with Crippen molar-refractivity contribution in [2.75, 3.05) is 0 Å². The third-order valence-electron chi connectivity index (χ3n) is 8.84. The zero-order valence-corrected chi connectivity index (χ0v) is 25.0. The van der Waals surface area contributed by atoms with Crippen LogP contribution in [0.25, 0.3) is 82.8 Å². The van der Waals surface area contributed by atoms with E-state index >= 15 is 0 Å². The molecule has 9 rings (SSSR count). The van der Waals surface area contributed by atoms with Crippen LogP contribution in [-0.4, -0.2) is 29.7 Å². The van der Waals surface area contributed by atoms with Crippen molar-refractivity contribution in [2.45, 2.75) is 6.92 Å². The van der Waals surface area contributed by atoms with Gasteiger partial charge in [-0.3, -0.25) is 15.0 Å². The third-order valence-corrected chi connectivity index (χ3v) is 8.84. The number of nitrogens with zero attached hydrogens (tertiary/aromatic N) is 6. The Bertz CT molecular complexity index is 2580. The van der Waals surface area contributed by atoms with Gasteiger partial charge < -0.3 is 4.57 Å². The molecule has 0 N–H and O–H groups in total. The van der Waals surface area contributed by atoms with E-state index in [1.165, 1.54) is 38.5 Å². The molecule has 0 aliphatic heterocycles. The summed E-state index contributed by atoms with van der Waals surface area (Å²) < 4.78 is 2.38. The fourth-order valence-corrected chi connectivity index (χ4v) is 6.64. The number of pyridine rings is 3. The summed E-state index contributed by atoms with van der Waals surface area (Å²) in [7, 11) is 0. The summed E-state index contributed by atoms with van der Waals surface area (Å²) >= 11 is 0. The topological polar surface area (TPSA) is 69.4 Å². The van der Waals surface area contributed by atoms with Gasteiger partial charge in [-0.05, 0) is 89.3 Å². The predicted molar refractivity (Wildman–Crippen MR) is 186 cm³/mol. The number of aromatic nitrogens is 6. The smallest absolute Gasteiger partial charge is 0.0964 e. The molecule has 0 aliphatic carbocycles. The molecule has 6 heteroatoms. The van der Waals surface area contributed by atoms with Gasteiger partial charge in [0.2, 0.25) is 0 Å². The van der Waals surface area contributed by atoms with Crippen LogP contribution >= 0.6 is 0 Å². The molecule has 46 heavy (non-hydrogen) atoms. The highest BCUT2D eigenvalue weighted by molar-refractivity contribution is 6.11. The first-order chi connectivity index (χ1) is 22.7. The highest BCUT2D eigenvalue weighted by Gasteiger charge is 2.16.